The topological polar surface area (TPSA) is 96.1 Å². The minimum Gasteiger partial charge on any atom is -0.496 e. The van der Waals surface area contributed by atoms with Crippen LogP contribution in [0.2, 0.25) is 0 Å². The highest BCUT2D eigenvalue weighted by atomic mass is 32.1. The molecule has 0 unspecified atom stereocenters. The average Bonchev–Trinajstić information content (AvgIpc) is 3.23. The number of nitrogens with two attached hydrogens (primary N) is 1. The van der Waals surface area contributed by atoms with E-state index in [-0.39, 0.29) is 0 Å². The molecule has 0 spiro atoms. The number of nitrogen functional groups attached to an aromatic ring is 1. The van der Waals surface area contributed by atoms with E-state index >= 15 is 0 Å². The van der Waals surface area contributed by atoms with Gasteiger partial charge in [-0.25, -0.2) is 9.78 Å². The molecule has 2 N–H and O–H groups in total. The molecule has 0 fully saturated rings. The molecule has 2 aromatic heterocycles. The highest BCUT2D eigenvalue weighted by Crippen LogP contribution is 2.48. The summed E-state index contributed by atoms with van der Waals surface area (Å²) in [5.74, 6) is 1.72. The third-order valence-corrected chi connectivity index (χ3v) is 7.76. The molecule has 192 valence electrons. The molecule has 37 heavy (non-hydrogen) atoms. The molecule has 3 heterocycles. The summed E-state index contributed by atoms with van der Waals surface area (Å²) >= 11 is 1.25. The van der Waals surface area contributed by atoms with Crippen LogP contribution >= 0.6 is 11.3 Å². The molecular formula is C28H29N3O5S. The Hall–Kier alpha value is -3.82. The van der Waals surface area contributed by atoms with E-state index in [0.29, 0.717) is 50.3 Å². The zero-order valence-electron chi connectivity index (χ0n) is 21.5. The molecule has 4 aromatic rings. The lowest BCUT2D eigenvalue weighted by atomic mass is 9.91. The predicted octanol–water partition coefficient (Wildman–Crippen LogP) is 5.09. The highest BCUT2D eigenvalue weighted by molar-refractivity contribution is 7.21. The first-order valence-corrected chi connectivity index (χ1v) is 12.7. The largest absolute Gasteiger partial charge is 0.496 e. The quantitative estimate of drug-likeness (QED) is 0.278. The van der Waals surface area contributed by atoms with Crippen LogP contribution < -0.4 is 24.7 Å². The number of benzene rings is 2. The first-order chi connectivity index (χ1) is 17.9. The number of methoxy groups -OCH3 is 3. The number of rotatable bonds is 6. The number of aryl methyl sites for hydroxylation is 1. The number of fused-ring (bicyclic) bond motifs is 2. The summed E-state index contributed by atoms with van der Waals surface area (Å²) in [7, 11) is 6.87. The van der Waals surface area contributed by atoms with Gasteiger partial charge in [-0.2, -0.15) is 0 Å². The van der Waals surface area contributed by atoms with Crippen molar-refractivity contribution in [3.63, 3.8) is 0 Å². The lowest BCUT2D eigenvalue weighted by Gasteiger charge is -2.27. The van der Waals surface area contributed by atoms with E-state index in [1.54, 1.807) is 33.5 Å². The predicted molar refractivity (Wildman–Crippen MR) is 145 cm³/mol. The van der Waals surface area contributed by atoms with Gasteiger partial charge in [-0.15, -0.1) is 11.3 Å². The van der Waals surface area contributed by atoms with Crippen molar-refractivity contribution in [2.24, 2.45) is 0 Å². The van der Waals surface area contributed by atoms with E-state index in [1.165, 1.54) is 11.3 Å². The monoisotopic (exact) mass is 519 g/mol. The maximum atomic E-state index is 13.3. The van der Waals surface area contributed by atoms with Gasteiger partial charge in [-0.1, -0.05) is 18.2 Å². The van der Waals surface area contributed by atoms with Gasteiger partial charge >= 0.3 is 5.97 Å². The number of hydrogen-bond acceptors (Lipinski definition) is 9. The second kappa shape index (κ2) is 9.91. The molecule has 0 radical (unpaired) electrons. The zero-order valence-corrected chi connectivity index (χ0v) is 22.3. The Bertz CT molecular complexity index is 1510. The van der Waals surface area contributed by atoms with Crippen molar-refractivity contribution in [3.05, 3.63) is 58.1 Å². The Morgan fingerprint density at radius 1 is 1.03 bits per heavy atom. The van der Waals surface area contributed by atoms with Gasteiger partial charge in [0.05, 0.1) is 27.0 Å². The number of carbonyl (C=O) groups excluding carboxylic acids is 1. The summed E-state index contributed by atoms with van der Waals surface area (Å²) < 4.78 is 22.7. The number of likely N-dealkylation sites (N-methyl/N-ethyl adjacent to an activating group) is 1. The maximum absolute atomic E-state index is 13.3. The van der Waals surface area contributed by atoms with E-state index in [4.69, 9.17) is 29.7 Å². The van der Waals surface area contributed by atoms with Gasteiger partial charge in [-0.3, -0.25) is 0 Å². The number of esters is 1. The minimum absolute atomic E-state index is 0.321. The molecule has 2 aromatic carbocycles. The van der Waals surface area contributed by atoms with Crippen molar-refractivity contribution in [2.45, 2.75) is 19.9 Å². The minimum atomic E-state index is -0.505. The van der Waals surface area contributed by atoms with Crippen LogP contribution in [0, 0.1) is 6.92 Å². The summed E-state index contributed by atoms with van der Waals surface area (Å²) in [6, 6.07) is 11.1. The molecular weight excluding hydrogens is 490 g/mol. The maximum Gasteiger partial charge on any atom is 0.355 e. The Morgan fingerprint density at radius 3 is 2.43 bits per heavy atom. The second-order valence-electron chi connectivity index (χ2n) is 8.99. The number of carbonyl (C=O) groups is 1. The van der Waals surface area contributed by atoms with Crippen LogP contribution in [-0.4, -0.2) is 50.8 Å². The molecule has 1 aliphatic heterocycles. The Labute approximate surface area is 219 Å². The first kappa shape index (κ1) is 24.9. The molecule has 0 bridgehead atoms. The third kappa shape index (κ3) is 4.34. The number of nitrogens with zero attached hydrogens (tertiary/aromatic N) is 2. The molecule has 8 nitrogen and oxygen atoms in total. The standard InChI is InChI=1S/C28H29N3O5S/c1-15-8-6-7-9-19(15)36-28(32)26-25(29)24-23(16-12-21(34-4)22(35-5)13-20(16)33-3)17-14-31(2)11-10-18(17)30-27(24)37-26/h6-9,12-13H,10-11,14,29H2,1-5H3. The van der Waals surface area contributed by atoms with Crippen molar-refractivity contribution in [1.29, 1.82) is 0 Å². The Balaban J connectivity index is 1.76. The van der Waals surface area contributed by atoms with E-state index < -0.39 is 5.97 Å². The fourth-order valence-electron chi connectivity index (χ4n) is 4.75. The number of aromatic nitrogens is 1. The Morgan fingerprint density at radius 2 is 1.73 bits per heavy atom. The van der Waals surface area contributed by atoms with E-state index in [0.717, 1.165) is 40.9 Å². The van der Waals surface area contributed by atoms with Gasteiger partial charge in [-0.05, 0) is 37.2 Å². The van der Waals surface area contributed by atoms with Crippen LogP contribution in [0.5, 0.6) is 23.0 Å². The normalized spacial score (nSPS) is 13.3. The number of hydrogen-bond donors (Lipinski definition) is 1. The fraction of sp³-hybridized carbons (Fsp3) is 0.286. The fourth-order valence-corrected chi connectivity index (χ4v) is 5.75. The lowest BCUT2D eigenvalue weighted by Crippen LogP contribution is -2.28. The summed E-state index contributed by atoms with van der Waals surface area (Å²) in [6.45, 7) is 3.46. The van der Waals surface area contributed by atoms with Crippen molar-refractivity contribution in [3.8, 4) is 34.1 Å². The van der Waals surface area contributed by atoms with Gasteiger partial charge in [0.2, 0.25) is 0 Å². The molecule has 0 saturated carbocycles. The number of para-hydroxylation sites is 1. The molecule has 0 saturated heterocycles. The number of ether oxygens (including phenoxy) is 4. The van der Waals surface area contributed by atoms with Gasteiger partial charge in [0, 0.05) is 47.8 Å². The Kier molecular flexibility index (Phi) is 6.66. The molecule has 5 rings (SSSR count). The van der Waals surface area contributed by atoms with Crippen molar-refractivity contribution < 1.29 is 23.7 Å². The second-order valence-corrected chi connectivity index (χ2v) is 9.99. The molecule has 1 aliphatic rings. The van der Waals surface area contributed by atoms with Crippen molar-refractivity contribution in [2.75, 3.05) is 40.7 Å². The van der Waals surface area contributed by atoms with Crippen LogP contribution in [0.15, 0.2) is 36.4 Å². The van der Waals surface area contributed by atoms with Crippen LogP contribution in [0.4, 0.5) is 5.69 Å². The summed E-state index contributed by atoms with van der Waals surface area (Å²) in [5.41, 5.74) is 11.6. The summed E-state index contributed by atoms with van der Waals surface area (Å²) in [5, 5.41) is 0.710. The van der Waals surface area contributed by atoms with E-state index in [1.807, 2.05) is 31.2 Å². The van der Waals surface area contributed by atoms with Gasteiger partial charge in [0.25, 0.3) is 0 Å². The van der Waals surface area contributed by atoms with Crippen molar-refractivity contribution in [1.82, 2.24) is 9.88 Å². The summed E-state index contributed by atoms with van der Waals surface area (Å²) in [4.78, 5) is 21.5. The smallest absolute Gasteiger partial charge is 0.355 e. The lowest BCUT2D eigenvalue weighted by molar-refractivity contribution is 0.0739. The zero-order chi connectivity index (χ0) is 26.3. The SMILES string of the molecule is COc1cc(OC)c(-c2c3c(nc4sc(C(=O)Oc5ccccc5C)c(N)c24)CCN(C)C3)cc1OC. The average molecular weight is 520 g/mol. The summed E-state index contributed by atoms with van der Waals surface area (Å²) in [6.07, 6.45) is 0.783. The molecule has 0 atom stereocenters. The third-order valence-electron chi connectivity index (χ3n) is 6.68. The van der Waals surface area contributed by atoms with Crippen molar-refractivity contribution >= 4 is 33.2 Å². The molecule has 0 aliphatic carbocycles. The molecule has 0 amide bonds. The van der Waals surface area contributed by atoms with Crippen LogP contribution in [0.1, 0.15) is 26.5 Å². The number of pyridine rings is 1. The van der Waals surface area contributed by atoms with Crippen LogP contribution in [0.25, 0.3) is 21.3 Å². The van der Waals surface area contributed by atoms with Gasteiger partial charge < -0.3 is 29.6 Å². The molecule has 9 heteroatoms. The van der Waals surface area contributed by atoms with E-state index in [2.05, 4.69) is 11.9 Å². The van der Waals surface area contributed by atoms with E-state index in [9.17, 15) is 4.79 Å². The van der Waals surface area contributed by atoms with Gasteiger partial charge in [0.1, 0.15) is 21.2 Å². The van der Waals surface area contributed by atoms with Crippen LogP contribution in [-0.2, 0) is 13.0 Å². The first-order valence-electron chi connectivity index (χ1n) is 11.9. The number of anilines is 1. The highest BCUT2D eigenvalue weighted by Gasteiger charge is 2.29. The number of thiophene rings is 1. The van der Waals surface area contributed by atoms with Crippen LogP contribution in [0.3, 0.4) is 0 Å². The van der Waals surface area contributed by atoms with Gasteiger partial charge in [0.15, 0.2) is 11.5 Å².